The molecule has 1 atom stereocenters. The molecule has 5 nitrogen and oxygen atoms in total. The number of alkyl halides is 1. The lowest BCUT2D eigenvalue weighted by Crippen LogP contribution is -2.59. The topological polar surface area (TPSA) is 59.4 Å². The lowest BCUT2D eigenvalue weighted by atomic mass is 9.89. The first-order valence-electron chi connectivity index (χ1n) is 10.8. The van der Waals surface area contributed by atoms with Gasteiger partial charge in [0.1, 0.15) is 11.2 Å². The Hall–Kier alpha value is -2.42. The van der Waals surface area contributed by atoms with Crippen molar-refractivity contribution >= 4 is 58.7 Å². The Kier molecular flexibility index (Phi) is 5.73. The molecule has 1 aromatic heterocycles. The second kappa shape index (κ2) is 8.36. The molecular formula is C26H22Br2N2O3S. The number of hydrogen-bond acceptors (Lipinski definition) is 3. The van der Waals surface area contributed by atoms with Crippen molar-refractivity contribution in [2.75, 3.05) is 5.33 Å². The average Bonchev–Trinajstić information content (AvgIpc) is 3.11. The van der Waals surface area contributed by atoms with Crippen LogP contribution in [0.4, 0.5) is 0 Å². The van der Waals surface area contributed by atoms with Crippen molar-refractivity contribution in [2.45, 2.75) is 30.8 Å². The molecule has 0 unspecified atom stereocenters. The molecule has 0 aliphatic carbocycles. The molecule has 4 aromatic rings. The fourth-order valence-electron chi connectivity index (χ4n) is 4.65. The highest BCUT2D eigenvalue weighted by atomic mass is 79.9. The molecule has 0 bridgehead atoms. The number of para-hydroxylation sites is 1. The van der Waals surface area contributed by atoms with Crippen LogP contribution in [0.5, 0.6) is 0 Å². The zero-order chi connectivity index (χ0) is 24.3. The first-order valence-corrected chi connectivity index (χ1v) is 14.1. The molecule has 0 radical (unpaired) electrons. The lowest BCUT2D eigenvalue weighted by Gasteiger charge is -2.46. The Balaban J connectivity index is 1.84. The van der Waals surface area contributed by atoms with E-state index >= 15 is 0 Å². The van der Waals surface area contributed by atoms with Gasteiger partial charge in [-0.15, -0.1) is 0 Å². The highest BCUT2D eigenvalue weighted by Gasteiger charge is 2.53. The van der Waals surface area contributed by atoms with Crippen molar-refractivity contribution in [3.8, 4) is 0 Å². The Morgan fingerprint density at radius 2 is 1.50 bits per heavy atom. The minimum atomic E-state index is -4.18. The van der Waals surface area contributed by atoms with E-state index in [0.29, 0.717) is 10.2 Å². The predicted molar refractivity (Wildman–Crippen MR) is 141 cm³/mol. The third kappa shape index (κ3) is 3.38. The first-order chi connectivity index (χ1) is 16.2. The third-order valence-corrected chi connectivity index (χ3v) is 10.1. The summed E-state index contributed by atoms with van der Waals surface area (Å²) in [4.78, 5) is 14.3. The average molecular weight is 602 g/mol. The zero-order valence-electron chi connectivity index (χ0n) is 18.6. The van der Waals surface area contributed by atoms with Gasteiger partial charge in [-0.05, 0) is 53.5 Å². The van der Waals surface area contributed by atoms with Crippen LogP contribution < -0.4 is 0 Å². The summed E-state index contributed by atoms with van der Waals surface area (Å²) in [5, 5.41) is 1.11. The third-order valence-electron chi connectivity index (χ3n) is 6.47. The van der Waals surface area contributed by atoms with Crippen molar-refractivity contribution in [2.24, 2.45) is 0 Å². The Labute approximate surface area is 215 Å². The van der Waals surface area contributed by atoms with Gasteiger partial charge in [-0.2, -0.15) is 0 Å². The fourth-order valence-corrected chi connectivity index (χ4v) is 7.97. The zero-order valence-corrected chi connectivity index (χ0v) is 22.6. The van der Waals surface area contributed by atoms with Crippen LogP contribution >= 0.6 is 31.9 Å². The molecule has 2 heterocycles. The van der Waals surface area contributed by atoms with Gasteiger partial charge in [0, 0.05) is 16.2 Å². The van der Waals surface area contributed by atoms with E-state index < -0.39 is 21.5 Å². The smallest absolute Gasteiger partial charge is 0.286 e. The number of hydrogen-bond donors (Lipinski definition) is 0. The molecule has 0 saturated carbocycles. The SMILES string of the molecule is Cc1ccc([C@]2(CBr)Cn3c(c(Br)c4ccccc43)C(=O)N2S(=O)(=O)c2ccc(C)cc2)cc1. The molecular weight excluding hydrogens is 580 g/mol. The molecule has 0 spiro atoms. The monoisotopic (exact) mass is 600 g/mol. The van der Waals surface area contributed by atoms with Crippen LogP contribution in [0.1, 0.15) is 27.2 Å². The van der Waals surface area contributed by atoms with E-state index in [-0.39, 0.29) is 16.8 Å². The second-order valence-corrected chi connectivity index (χ2v) is 11.8. The number of benzene rings is 3. The minimum Gasteiger partial charge on any atom is -0.333 e. The normalized spacial score (nSPS) is 18.4. The summed E-state index contributed by atoms with van der Waals surface area (Å²) in [6, 6.07) is 22.0. The number of rotatable bonds is 4. The summed E-state index contributed by atoms with van der Waals surface area (Å²) < 4.78 is 31.9. The van der Waals surface area contributed by atoms with Crippen LogP contribution in [0.15, 0.2) is 82.2 Å². The van der Waals surface area contributed by atoms with Gasteiger partial charge in [-0.1, -0.05) is 81.7 Å². The van der Waals surface area contributed by atoms with Crippen LogP contribution in [-0.2, 0) is 22.1 Å². The second-order valence-electron chi connectivity index (χ2n) is 8.68. The standard InChI is InChI=1S/C26H22Br2N2O3S/c1-17-7-11-19(12-8-17)26(15-27)16-29-22-6-4-3-5-21(22)23(28)24(29)25(31)30(26)34(32,33)20-13-9-18(2)10-14-20/h3-14H,15-16H2,1-2H3/t26-/m0/s1. The molecule has 0 saturated heterocycles. The van der Waals surface area contributed by atoms with E-state index in [0.717, 1.165) is 31.9 Å². The summed E-state index contributed by atoms with van der Waals surface area (Å²) >= 11 is 7.20. The summed E-state index contributed by atoms with van der Waals surface area (Å²) in [5.41, 5.74) is 2.79. The van der Waals surface area contributed by atoms with Crippen LogP contribution in [0, 0.1) is 13.8 Å². The van der Waals surface area contributed by atoms with Gasteiger partial charge in [-0.3, -0.25) is 4.79 Å². The summed E-state index contributed by atoms with van der Waals surface area (Å²) in [6.45, 7) is 4.15. The van der Waals surface area contributed by atoms with Crippen molar-refractivity contribution < 1.29 is 13.2 Å². The van der Waals surface area contributed by atoms with Crippen molar-refractivity contribution in [3.63, 3.8) is 0 Å². The maximum atomic E-state index is 14.2. The summed E-state index contributed by atoms with van der Waals surface area (Å²) in [7, 11) is -4.18. The quantitative estimate of drug-likeness (QED) is 0.263. The van der Waals surface area contributed by atoms with Gasteiger partial charge in [0.2, 0.25) is 0 Å². The molecule has 5 rings (SSSR count). The number of halogens is 2. The van der Waals surface area contributed by atoms with Crippen molar-refractivity contribution in [3.05, 3.63) is 99.7 Å². The predicted octanol–water partition coefficient (Wildman–Crippen LogP) is 6.16. The van der Waals surface area contributed by atoms with Crippen molar-refractivity contribution in [1.82, 2.24) is 8.87 Å². The van der Waals surface area contributed by atoms with Gasteiger partial charge in [0.05, 0.1) is 15.9 Å². The van der Waals surface area contributed by atoms with E-state index in [1.165, 1.54) is 0 Å². The molecule has 34 heavy (non-hydrogen) atoms. The van der Waals surface area contributed by atoms with Gasteiger partial charge >= 0.3 is 0 Å². The molecule has 3 aromatic carbocycles. The number of aryl methyl sites for hydroxylation is 2. The molecule has 1 amide bonds. The molecule has 0 fully saturated rings. The van der Waals surface area contributed by atoms with Crippen LogP contribution in [0.3, 0.4) is 0 Å². The number of sulfonamides is 1. The first kappa shape index (κ1) is 23.3. The maximum absolute atomic E-state index is 14.2. The van der Waals surface area contributed by atoms with Crippen LogP contribution in [0.25, 0.3) is 10.9 Å². The number of fused-ring (bicyclic) bond motifs is 3. The van der Waals surface area contributed by atoms with Crippen molar-refractivity contribution in [1.29, 1.82) is 0 Å². The highest BCUT2D eigenvalue weighted by Crippen LogP contribution is 2.45. The van der Waals surface area contributed by atoms with E-state index in [1.807, 2.05) is 66.9 Å². The fraction of sp³-hybridized carbons (Fsp3) is 0.192. The Bertz CT molecular complexity index is 1530. The van der Waals surface area contributed by atoms with E-state index in [4.69, 9.17) is 0 Å². The number of nitrogens with zero attached hydrogens (tertiary/aromatic N) is 2. The molecule has 174 valence electrons. The Morgan fingerprint density at radius 3 is 2.12 bits per heavy atom. The van der Waals surface area contributed by atoms with E-state index in [9.17, 15) is 13.2 Å². The molecule has 1 aliphatic heterocycles. The number of carbonyl (C=O) groups is 1. The largest absolute Gasteiger partial charge is 0.333 e. The molecule has 1 aliphatic rings. The van der Waals surface area contributed by atoms with Gasteiger partial charge < -0.3 is 4.57 Å². The summed E-state index contributed by atoms with van der Waals surface area (Å²) in [5.74, 6) is -0.560. The minimum absolute atomic E-state index is 0.0876. The number of carbonyl (C=O) groups excluding carboxylic acids is 1. The Morgan fingerprint density at radius 1 is 0.912 bits per heavy atom. The number of amides is 1. The highest BCUT2D eigenvalue weighted by molar-refractivity contribution is 9.10. The molecule has 0 N–H and O–H groups in total. The van der Waals surface area contributed by atoms with Gasteiger partial charge in [-0.25, -0.2) is 12.7 Å². The van der Waals surface area contributed by atoms with Crippen LogP contribution in [0.2, 0.25) is 0 Å². The number of aromatic nitrogens is 1. The summed E-state index contributed by atoms with van der Waals surface area (Å²) in [6.07, 6.45) is 0. The lowest BCUT2D eigenvalue weighted by molar-refractivity contribution is 0.0643. The van der Waals surface area contributed by atoms with Gasteiger partial charge in [0.15, 0.2) is 0 Å². The van der Waals surface area contributed by atoms with Crippen LogP contribution in [-0.4, -0.2) is 28.5 Å². The van der Waals surface area contributed by atoms with E-state index in [2.05, 4.69) is 31.9 Å². The van der Waals surface area contributed by atoms with E-state index in [1.54, 1.807) is 24.3 Å². The van der Waals surface area contributed by atoms with Gasteiger partial charge in [0.25, 0.3) is 15.9 Å². The maximum Gasteiger partial charge on any atom is 0.286 e. The molecule has 8 heteroatoms.